The monoisotopic (exact) mass is 330 g/mol. The van der Waals surface area contributed by atoms with Crippen molar-refractivity contribution in [3.05, 3.63) is 34.8 Å². The minimum Gasteiger partial charge on any atom is -0.312 e. The first-order chi connectivity index (χ1) is 11.2. The van der Waals surface area contributed by atoms with Crippen molar-refractivity contribution < 1.29 is 9.59 Å². The van der Waals surface area contributed by atoms with E-state index in [0.717, 1.165) is 36.5 Å². The van der Waals surface area contributed by atoms with Crippen molar-refractivity contribution in [1.29, 1.82) is 0 Å². The molecule has 1 aromatic heterocycles. The lowest BCUT2D eigenvalue weighted by Crippen LogP contribution is -2.23. The lowest BCUT2D eigenvalue weighted by molar-refractivity contribution is -0.117. The molecule has 0 spiro atoms. The van der Waals surface area contributed by atoms with E-state index in [2.05, 4.69) is 22.4 Å². The summed E-state index contributed by atoms with van der Waals surface area (Å²) in [6.07, 6.45) is 3.35. The molecule has 0 radical (unpaired) electrons. The minimum absolute atomic E-state index is 0.138. The summed E-state index contributed by atoms with van der Waals surface area (Å²) in [5.41, 5.74) is 1.37. The van der Waals surface area contributed by atoms with Crippen molar-refractivity contribution in [2.45, 2.75) is 32.6 Å². The quantitative estimate of drug-likeness (QED) is 0.914. The fraction of sp³-hybridized carbons (Fsp3) is 0.375. The van der Waals surface area contributed by atoms with Crippen molar-refractivity contribution in [2.24, 2.45) is 0 Å². The molecule has 3 rings (SSSR count). The van der Waals surface area contributed by atoms with Gasteiger partial charge in [-0.15, -0.1) is 10.2 Å². The Morgan fingerprint density at radius 1 is 1.30 bits per heavy atom. The topological polar surface area (TPSA) is 75.2 Å². The summed E-state index contributed by atoms with van der Waals surface area (Å²) in [6, 6.07) is 7.07. The maximum Gasteiger partial charge on any atom is 0.257 e. The molecular weight excluding hydrogens is 312 g/mol. The highest BCUT2D eigenvalue weighted by atomic mass is 32.1. The van der Waals surface area contributed by atoms with E-state index in [9.17, 15) is 9.59 Å². The predicted molar refractivity (Wildman–Crippen MR) is 89.9 cm³/mol. The van der Waals surface area contributed by atoms with E-state index in [0.29, 0.717) is 17.1 Å². The summed E-state index contributed by atoms with van der Waals surface area (Å²) in [4.78, 5) is 25.7. The third-order valence-electron chi connectivity index (χ3n) is 3.67. The first-order valence-corrected chi connectivity index (χ1v) is 8.53. The summed E-state index contributed by atoms with van der Waals surface area (Å²) in [5.74, 6) is -0.0805. The summed E-state index contributed by atoms with van der Waals surface area (Å²) in [7, 11) is 0. The second kappa shape index (κ2) is 6.87. The Labute approximate surface area is 138 Å². The maximum atomic E-state index is 12.2. The van der Waals surface area contributed by atoms with E-state index in [1.54, 1.807) is 29.2 Å². The highest BCUT2D eigenvalue weighted by Crippen LogP contribution is 2.22. The summed E-state index contributed by atoms with van der Waals surface area (Å²) < 4.78 is 0. The molecule has 1 aromatic carbocycles. The van der Waals surface area contributed by atoms with Gasteiger partial charge >= 0.3 is 0 Å². The molecule has 2 heterocycles. The Morgan fingerprint density at radius 3 is 2.74 bits per heavy atom. The van der Waals surface area contributed by atoms with Gasteiger partial charge in [0, 0.05) is 30.6 Å². The van der Waals surface area contributed by atoms with Crippen LogP contribution < -0.4 is 10.2 Å². The maximum absolute atomic E-state index is 12.2. The molecule has 1 fully saturated rings. The second-order valence-corrected chi connectivity index (χ2v) is 6.46. The number of aromatic nitrogens is 2. The van der Waals surface area contributed by atoms with Gasteiger partial charge < -0.3 is 4.90 Å². The van der Waals surface area contributed by atoms with Crippen molar-refractivity contribution in [3.8, 4) is 0 Å². The van der Waals surface area contributed by atoms with Crippen LogP contribution in [-0.4, -0.2) is 28.6 Å². The third-order valence-corrected chi connectivity index (χ3v) is 4.56. The van der Waals surface area contributed by atoms with Gasteiger partial charge in [-0.1, -0.05) is 18.3 Å². The first-order valence-electron chi connectivity index (χ1n) is 7.71. The second-order valence-electron chi connectivity index (χ2n) is 5.40. The number of benzene rings is 1. The van der Waals surface area contributed by atoms with E-state index in [1.165, 1.54) is 11.3 Å². The van der Waals surface area contributed by atoms with E-state index in [-0.39, 0.29) is 11.8 Å². The van der Waals surface area contributed by atoms with Crippen molar-refractivity contribution in [2.75, 3.05) is 16.8 Å². The van der Waals surface area contributed by atoms with Crippen LogP contribution >= 0.6 is 11.3 Å². The van der Waals surface area contributed by atoms with Crippen LogP contribution in [0.3, 0.4) is 0 Å². The fourth-order valence-electron chi connectivity index (χ4n) is 2.50. The Kier molecular flexibility index (Phi) is 4.66. The number of rotatable bonds is 5. The van der Waals surface area contributed by atoms with Crippen LogP contribution in [-0.2, 0) is 11.2 Å². The molecule has 1 aliphatic rings. The van der Waals surface area contributed by atoms with E-state index >= 15 is 0 Å². The predicted octanol–water partition coefficient (Wildman–Crippen LogP) is 2.87. The molecular formula is C16H18N4O2S. The summed E-state index contributed by atoms with van der Waals surface area (Å²) in [6.45, 7) is 2.82. The van der Waals surface area contributed by atoms with Crippen LogP contribution in [0.1, 0.15) is 41.6 Å². The van der Waals surface area contributed by atoms with Crippen LogP contribution in [0, 0.1) is 0 Å². The summed E-state index contributed by atoms with van der Waals surface area (Å²) in [5, 5.41) is 12.2. The van der Waals surface area contributed by atoms with Gasteiger partial charge in [-0.25, -0.2) is 0 Å². The first kappa shape index (κ1) is 15.6. The smallest absolute Gasteiger partial charge is 0.257 e. The number of amides is 2. The zero-order chi connectivity index (χ0) is 16.2. The number of aryl methyl sites for hydroxylation is 1. The molecule has 0 saturated carbocycles. The Hall–Kier alpha value is -2.28. The molecule has 0 unspecified atom stereocenters. The number of hydrogen-bond acceptors (Lipinski definition) is 5. The third kappa shape index (κ3) is 3.56. The molecule has 6 nitrogen and oxygen atoms in total. The average molecular weight is 330 g/mol. The normalized spacial score (nSPS) is 14.3. The van der Waals surface area contributed by atoms with Crippen LogP contribution in [0.25, 0.3) is 0 Å². The SMILES string of the molecule is CCCc1nnc(NC(=O)c2ccc(N3CCCC3=O)cc2)s1. The van der Waals surface area contributed by atoms with Crippen LogP contribution in [0.15, 0.2) is 24.3 Å². The number of nitrogens with one attached hydrogen (secondary N) is 1. The average Bonchev–Trinajstić information content (AvgIpc) is 3.17. The van der Waals surface area contributed by atoms with Crippen molar-refractivity contribution >= 4 is 34.0 Å². The van der Waals surface area contributed by atoms with Crippen LogP contribution in [0.2, 0.25) is 0 Å². The highest BCUT2D eigenvalue weighted by molar-refractivity contribution is 7.15. The van der Waals surface area contributed by atoms with E-state index in [1.807, 2.05) is 0 Å². The van der Waals surface area contributed by atoms with Gasteiger partial charge in [0.2, 0.25) is 11.0 Å². The van der Waals surface area contributed by atoms with Gasteiger partial charge in [0.05, 0.1) is 0 Å². The largest absolute Gasteiger partial charge is 0.312 e. The molecule has 2 amide bonds. The van der Waals surface area contributed by atoms with Crippen molar-refractivity contribution in [3.63, 3.8) is 0 Å². The number of carbonyl (C=O) groups excluding carboxylic acids is 2. The standard InChI is InChI=1S/C16H18N4O2S/c1-2-4-13-18-19-16(23-13)17-15(22)11-6-8-12(9-7-11)20-10-3-5-14(20)21/h6-9H,2-5,10H2,1H3,(H,17,19,22). The molecule has 23 heavy (non-hydrogen) atoms. The summed E-state index contributed by atoms with van der Waals surface area (Å²) >= 11 is 1.40. The van der Waals surface area contributed by atoms with Gasteiger partial charge in [-0.3, -0.25) is 14.9 Å². The van der Waals surface area contributed by atoms with Crippen molar-refractivity contribution in [1.82, 2.24) is 10.2 Å². The molecule has 1 N–H and O–H groups in total. The van der Waals surface area contributed by atoms with E-state index in [4.69, 9.17) is 0 Å². The molecule has 1 aliphatic heterocycles. The van der Waals surface area contributed by atoms with Gasteiger partial charge in [-0.05, 0) is 37.1 Å². The zero-order valence-electron chi connectivity index (χ0n) is 12.9. The van der Waals surface area contributed by atoms with E-state index < -0.39 is 0 Å². The lowest BCUT2D eigenvalue weighted by atomic mass is 10.2. The number of nitrogens with zero attached hydrogens (tertiary/aromatic N) is 3. The number of hydrogen-bond donors (Lipinski definition) is 1. The Balaban J connectivity index is 1.66. The van der Waals surface area contributed by atoms with Crippen LogP contribution in [0.5, 0.6) is 0 Å². The van der Waals surface area contributed by atoms with Gasteiger partial charge in [0.15, 0.2) is 0 Å². The number of carbonyl (C=O) groups is 2. The lowest BCUT2D eigenvalue weighted by Gasteiger charge is -2.15. The Morgan fingerprint density at radius 2 is 2.09 bits per heavy atom. The van der Waals surface area contributed by atoms with Crippen LogP contribution in [0.4, 0.5) is 10.8 Å². The van der Waals surface area contributed by atoms with Gasteiger partial charge in [0.1, 0.15) is 5.01 Å². The molecule has 2 aromatic rings. The number of anilines is 2. The highest BCUT2D eigenvalue weighted by Gasteiger charge is 2.21. The molecule has 0 atom stereocenters. The minimum atomic E-state index is -0.219. The fourth-order valence-corrected chi connectivity index (χ4v) is 3.34. The molecule has 120 valence electrons. The molecule has 1 saturated heterocycles. The Bertz CT molecular complexity index is 711. The van der Waals surface area contributed by atoms with Gasteiger partial charge in [0.25, 0.3) is 5.91 Å². The molecule has 7 heteroatoms. The zero-order valence-corrected chi connectivity index (χ0v) is 13.7. The van der Waals surface area contributed by atoms with Gasteiger partial charge in [-0.2, -0.15) is 0 Å². The molecule has 0 bridgehead atoms. The molecule has 0 aliphatic carbocycles.